The predicted molar refractivity (Wildman–Crippen MR) is 104 cm³/mol. The molecule has 0 bridgehead atoms. The number of halogens is 1. The Morgan fingerprint density at radius 2 is 1.79 bits per heavy atom. The summed E-state index contributed by atoms with van der Waals surface area (Å²) in [5, 5.41) is 11.2. The minimum Gasteiger partial charge on any atom is -0.339 e. The van der Waals surface area contributed by atoms with Gasteiger partial charge in [0.1, 0.15) is 11.9 Å². The highest BCUT2D eigenvalue weighted by Crippen LogP contribution is 2.07. The van der Waals surface area contributed by atoms with E-state index in [1.165, 1.54) is 17.6 Å². The van der Waals surface area contributed by atoms with E-state index in [9.17, 15) is 14.0 Å². The van der Waals surface area contributed by atoms with Gasteiger partial charge in [-0.2, -0.15) is 0 Å². The van der Waals surface area contributed by atoms with Crippen molar-refractivity contribution in [1.29, 1.82) is 0 Å². The minimum absolute atomic E-state index is 0.311. The lowest BCUT2D eigenvalue weighted by atomic mass is 10.1. The van der Waals surface area contributed by atoms with Gasteiger partial charge in [-0.1, -0.05) is 24.0 Å². The summed E-state index contributed by atoms with van der Waals surface area (Å²) < 4.78 is 12.8. The normalized spacial score (nSPS) is 12.6. The van der Waals surface area contributed by atoms with Gasteiger partial charge in [-0.3, -0.25) is 14.8 Å². The lowest BCUT2D eigenvalue weighted by Crippen LogP contribution is -2.54. The Balaban J connectivity index is 2.00. The molecular weight excluding hydrogens is 361 g/mol. The Labute approximate surface area is 162 Å². The topological polar surface area (TPSA) is 104 Å². The molecule has 7 heteroatoms. The van der Waals surface area contributed by atoms with Crippen molar-refractivity contribution in [2.45, 2.75) is 19.0 Å². The molecule has 0 saturated carbocycles. The Bertz CT molecular complexity index is 911. The highest BCUT2D eigenvalue weighted by atomic mass is 19.1. The molecule has 2 aromatic carbocycles. The molecule has 0 aromatic heterocycles. The molecule has 0 heterocycles. The second-order valence-electron chi connectivity index (χ2n) is 6.02. The molecule has 0 unspecified atom stereocenters. The van der Waals surface area contributed by atoms with E-state index in [2.05, 4.69) is 17.2 Å². The molecule has 0 radical (unpaired) electrons. The van der Waals surface area contributed by atoms with Crippen LogP contribution in [0.3, 0.4) is 0 Å². The van der Waals surface area contributed by atoms with Crippen molar-refractivity contribution in [1.82, 2.24) is 10.8 Å². The lowest BCUT2D eigenvalue weighted by Gasteiger charge is -2.20. The van der Waals surface area contributed by atoms with E-state index in [0.29, 0.717) is 11.1 Å². The van der Waals surface area contributed by atoms with Crippen molar-refractivity contribution in [3.63, 3.8) is 0 Å². The van der Waals surface area contributed by atoms with E-state index in [-0.39, 0.29) is 5.82 Å². The van der Waals surface area contributed by atoms with Crippen LogP contribution in [0.2, 0.25) is 0 Å². The van der Waals surface area contributed by atoms with Gasteiger partial charge >= 0.3 is 0 Å². The SMILES string of the molecule is C[C@@H](N)[C@H](NC(=O)c1ccc(/C=C/C#Cc2ccc(F)cc2)cc1)C(=O)NO. The first kappa shape index (κ1) is 20.8. The number of nitrogens with one attached hydrogen (secondary N) is 2. The second-order valence-corrected chi connectivity index (χ2v) is 6.02. The van der Waals surface area contributed by atoms with Gasteiger partial charge in [0.05, 0.1) is 0 Å². The van der Waals surface area contributed by atoms with Crippen molar-refractivity contribution in [3.05, 3.63) is 77.1 Å². The molecule has 0 aliphatic rings. The van der Waals surface area contributed by atoms with E-state index in [1.54, 1.807) is 55.5 Å². The number of nitrogens with two attached hydrogens (primary N) is 1. The summed E-state index contributed by atoms with van der Waals surface area (Å²) >= 11 is 0. The molecule has 2 amide bonds. The number of benzene rings is 2. The first-order chi connectivity index (χ1) is 13.4. The van der Waals surface area contributed by atoms with Crippen LogP contribution in [0.1, 0.15) is 28.4 Å². The summed E-state index contributed by atoms with van der Waals surface area (Å²) in [5.41, 5.74) is 9.00. The first-order valence-corrected chi connectivity index (χ1v) is 8.45. The number of hydroxylamine groups is 1. The molecule has 28 heavy (non-hydrogen) atoms. The molecule has 0 aliphatic carbocycles. The van der Waals surface area contributed by atoms with Crippen molar-refractivity contribution >= 4 is 17.9 Å². The van der Waals surface area contributed by atoms with Crippen LogP contribution in [0, 0.1) is 17.7 Å². The fourth-order valence-corrected chi connectivity index (χ4v) is 2.27. The molecule has 2 aromatic rings. The number of rotatable bonds is 5. The van der Waals surface area contributed by atoms with Gasteiger partial charge < -0.3 is 11.1 Å². The summed E-state index contributed by atoms with van der Waals surface area (Å²) in [6.07, 6.45) is 3.42. The maximum Gasteiger partial charge on any atom is 0.267 e. The largest absolute Gasteiger partial charge is 0.339 e. The van der Waals surface area contributed by atoms with Crippen LogP contribution >= 0.6 is 0 Å². The Kier molecular flexibility index (Phi) is 7.45. The molecule has 2 atom stereocenters. The van der Waals surface area contributed by atoms with Gasteiger partial charge in [0, 0.05) is 17.2 Å². The van der Waals surface area contributed by atoms with Crippen molar-refractivity contribution in [2.75, 3.05) is 0 Å². The van der Waals surface area contributed by atoms with Gasteiger partial charge in [-0.05, 0) is 61.0 Å². The quantitative estimate of drug-likeness (QED) is 0.360. The van der Waals surface area contributed by atoms with Crippen LogP contribution in [0.4, 0.5) is 4.39 Å². The summed E-state index contributed by atoms with van der Waals surface area (Å²) in [7, 11) is 0. The van der Waals surface area contributed by atoms with Crippen LogP contribution in [-0.4, -0.2) is 29.1 Å². The van der Waals surface area contributed by atoms with Crippen LogP contribution in [-0.2, 0) is 4.79 Å². The molecule has 5 N–H and O–H groups in total. The fraction of sp³-hybridized carbons (Fsp3) is 0.143. The summed E-state index contributed by atoms with van der Waals surface area (Å²) in [5.74, 6) is 4.14. The number of carbonyl (C=O) groups excluding carboxylic acids is 2. The van der Waals surface area contributed by atoms with Crippen molar-refractivity contribution in [3.8, 4) is 11.8 Å². The maximum absolute atomic E-state index is 12.8. The fourth-order valence-electron chi connectivity index (χ4n) is 2.27. The molecule has 0 aliphatic heterocycles. The van der Waals surface area contributed by atoms with Gasteiger partial charge in [-0.15, -0.1) is 0 Å². The van der Waals surface area contributed by atoms with E-state index in [0.717, 1.165) is 5.56 Å². The van der Waals surface area contributed by atoms with E-state index >= 15 is 0 Å². The Morgan fingerprint density at radius 1 is 1.14 bits per heavy atom. The number of hydrogen-bond donors (Lipinski definition) is 4. The molecule has 0 saturated heterocycles. The Morgan fingerprint density at radius 3 is 2.36 bits per heavy atom. The van der Waals surface area contributed by atoms with Crippen LogP contribution in [0.5, 0.6) is 0 Å². The van der Waals surface area contributed by atoms with E-state index < -0.39 is 23.9 Å². The van der Waals surface area contributed by atoms with Crippen LogP contribution in [0.25, 0.3) is 6.08 Å². The number of hydrogen-bond acceptors (Lipinski definition) is 4. The molecule has 0 fully saturated rings. The van der Waals surface area contributed by atoms with Crippen molar-refractivity contribution < 1.29 is 19.2 Å². The average Bonchev–Trinajstić information content (AvgIpc) is 2.70. The molecule has 6 nitrogen and oxygen atoms in total. The first-order valence-electron chi connectivity index (χ1n) is 8.45. The van der Waals surface area contributed by atoms with Gasteiger partial charge in [0.25, 0.3) is 11.8 Å². The average molecular weight is 381 g/mol. The standard InChI is InChI=1S/C21H20FN3O3/c1-14(23)19(21(27)25-28)24-20(26)17-10-6-15(7-11-17)4-2-3-5-16-8-12-18(22)13-9-16/h2,4,6-14,19,28H,23H2,1H3,(H,24,26)(H,25,27)/b4-2+/t14-,19+/m1/s1. The molecule has 2 rings (SSSR count). The number of carbonyl (C=O) groups is 2. The maximum atomic E-state index is 12.8. The molecule has 144 valence electrons. The van der Waals surface area contributed by atoms with Crippen LogP contribution in [0.15, 0.2) is 54.6 Å². The smallest absolute Gasteiger partial charge is 0.267 e. The van der Waals surface area contributed by atoms with Crippen molar-refractivity contribution in [2.24, 2.45) is 5.73 Å². The third kappa shape index (κ3) is 6.06. The summed E-state index contributed by atoms with van der Waals surface area (Å²) in [6, 6.07) is 10.8. The zero-order valence-electron chi connectivity index (χ0n) is 15.1. The predicted octanol–water partition coefficient (Wildman–Crippen LogP) is 1.84. The van der Waals surface area contributed by atoms with E-state index in [4.69, 9.17) is 10.9 Å². The monoisotopic (exact) mass is 381 g/mol. The van der Waals surface area contributed by atoms with Gasteiger partial charge in [-0.25, -0.2) is 9.87 Å². The third-order valence-corrected chi connectivity index (χ3v) is 3.80. The van der Waals surface area contributed by atoms with Gasteiger partial charge in [0.15, 0.2) is 0 Å². The van der Waals surface area contributed by atoms with Gasteiger partial charge in [0.2, 0.25) is 0 Å². The number of allylic oxidation sites excluding steroid dienone is 1. The highest BCUT2D eigenvalue weighted by Gasteiger charge is 2.24. The Hall–Kier alpha value is -3.47. The van der Waals surface area contributed by atoms with E-state index in [1.807, 2.05) is 0 Å². The summed E-state index contributed by atoms with van der Waals surface area (Å²) in [4.78, 5) is 23.8. The lowest BCUT2D eigenvalue weighted by molar-refractivity contribution is -0.131. The number of amides is 2. The zero-order chi connectivity index (χ0) is 20.5. The second kappa shape index (κ2) is 10.0. The minimum atomic E-state index is -1.06. The molecule has 0 spiro atoms. The summed E-state index contributed by atoms with van der Waals surface area (Å²) in [6.45, 7) is 1.54. The zero-order valence-corrected chi connectivity index (χ0v) is 15.1. The highest BCUT2D eigenvalue weighted by molar-refractivity contribution is 5.97. The molecular formula is C21H20FN3O3. The third-order valence-electron chi connectivity index (χ3n) is 3.80. The van der Waals surface area contributed by atoms with Crippen LogP contribution < -0.4 is 16.5 Å².